The van der Waals surface area contributed by atoms with Gasteiger partial charge < -0.3 is 10.2 Å². The topological polar surface area (TPSA) is 71.0 Å². The van der Waals surface area contributed by atoms with Gasteiger partial charge in [0.1, 0.15) is 23.7 Å². The Bertz CT molecular complexity index is 886. The van der Waals surface area contributed by atoms with Crippen LogP contribution in [0.3, 0.4) is 0 Å². The summed E-state index contributed by atoms with van der Waals surface area (Å²) in [6.45, 7) is 1.05. The number of likely N-dealkylation sites (N-methyl/N-ethyl adjacent to an activating group) is 1. The van der Waals surface area contributed by atoms with Crippen molar-refractivity contribution in [1.82, 2.24) is 20.3 Å². The minimum Gasteiger partial charge on any atom is -0.359 e. The number of hydrogen-bond acceptors (Lipinski definition) is 5. The van der Waals surface area contributed by atoms with E-state index in [1.807, 2.05) is 24.1 Å². The molecule has 0 aliphatic rings. The molecule has 138 valence electrons. The Morgan fingerprint density at radius 3 is 2.56 bits per heavy atom. The first-order valence-corrected chi connectivity index (χ1v) is 8.56. The largest absolute Gasteiger partial charge is 0.359 e. The average Bonchev–Trinajstić information content (AvgIpc) is 2.72. The molecule has 1 aromatic carbocycles. The highest BCUT2D eigenvalue weighted by atomic mass is 19.1. The zero-order chi connectivity index (χ0) is 19.1. The third-order valence-electron chi connectivity index (χ3n) is 4.13. The van der Waals surface area contributed by atoms with E-state index in [0.29, 0.717) is 12.4 Å². The first-order chi connectivity index (χ1) is 13.1. The summed E-state index contributed by atoms with van der Waals surface area (Å²) < 4.78 is 12.9. The summed E-state index contributed by atoms with van der Waals surface area (Å²) in [5, 5.41) is 2.78. The minimum absolute atomic E-state index is 0.290. The van der Waals surface area contributed by atoms with Crippen molar-refractivity contribution in [2.75, 3.05) is 18.5 Å². The van der Waals surface area contributed by atoms with Gasteiger partial charge in [0.2, 0.25) is 0 Å². The van der Waals surface area contributed by atoms with Crippen LogP contribution in [0.5, 0.6) is 0 Å². The normalized spacial score (nSPS) is 10.4. The fourth-order valence-electron chi connectivity index (χ4n) is 2.52. The lowest BCUT2D eigenvalue weighted by molar-refractivity contribution is 0.0946. The Kier molecular flexibility index (Phi) is 6.04. The number of carbonyl (C=O) groups is 1. The van der Waals surface area contributed by atoms with Crippen LogP contribution in [0.15, 0.2) is 61.2 Å². The van der Waals surface area contributed by atoms with Crippen LogP contribution in [-0.4, -0.2) is 34.5 Å². The monoisotopic (exact) mass is 365 g/mol. The molecule has 0 radical (unpaired) electrons. The second-order valence-electron chi connectivity index (χ2n) is 6.10. The van der Waals surface area contributed by atoms with Crippen molar-refractivity contribution in [3.05, 3.63) is 83.8 Å². The number of halogens is 1. The Morgan fingerprint density at radius 1 is 1.07 bits per heavy atom. The summed E-state index contributed by atoms with van der Waals surface area (Å²) >= 11 is 0. The molecule has 2 aromatic heterocycles. The quantitative estimate of drug-likeness (QED) is 0.697. The van der Waals surface area contributed by atoms with Crippen molar-refractivity contribution < 1.29 is 9.18 Å². The van der Waals surface area contributed by atoms with Gasteiger partial charge in [0, 0.05) is 38.6 Å². The summed E-state index contributed by atoms with van der Waals surface area (Å²) in [5.74, 6) is 0.0665. The van der Waals surface area contributed by atoms with Crippen LogP contribution < -0.4 is 10.2 Å². The van der Waals surface area contributed by atoms with Crippen molar-refractivity contribution in [3.8, 4) is 0 Å². The van der Waals surface area contributed by atoms with E-state index in [4.69, 9.17) is 0 Å². The average molecular weight is 365 g/mol. The van der Waals surface area contributed by atoms with Crippen LogP contribution in [0.1, 0.15) is 21.6 Å². The van der Waals surface area contributed by atoms with Gasteiger partial charge in [0.15, 0.2) is 0 Å². The van der Waals surface area contributed by atoms with Crippen molar-refractivity contribution in [2.24, 2.45) is 0 Å². The maximum atomic E-state index is 12.9. The predicted octanol–water partition coefficient (Wildman–Crippen LogP) is 2.62. The Morgan fingerprint density at radius 2 is 1.81 bits per heavy atom. The summed E-state index contributed by atoms with van der Waals surface area (Å²) in [5.41, 5.74) is 2.29. The van der Waals surface area contributed by atoms with Crippen LogP contribution in [0.2, 0.25) is 0 Å². The number of amides is 1. The van der Waals surface area contributed by atoms with Gasteiger partial charge in [0.25, 0.3) is 5.91 Å². The highest BCUT2D eigenvalue weighted by molar-refractivity contribution is 5.92. The molecule has 3 aromatic rings. The van der Waals surface area contributed by atoms with Crippen LogP contribution in [-0.2, 0) is 13.0 Å². The molecule has 0 unspecified atom stereocenters. The van der Waals surface area contributed by atoms with Gasteiger partial charge in [0.05, 0.1) is 0 Å². The van der Waals surface area contributed by atoms with E-state index in [2.05, 4.69) is 20.3 Å². The smallest absolute Gasteiger partial charge is 0.270 e. The molecule has 0 atom stereocenters. The number of rotatable bonds is 7. The second-order valence-corrected chi connectivity index (χ2v) is 6.10. The molecule has 6 nitrogen and oxygen atoms in total. The Hall–Kier alpha value is -3.35. The van der Waals surface area contributed by atoms with E-state index in [1.54, 1.807) is 30.6 Å². The van der Waals surface area contributed by atoms with Crippen molar-refractivity contribution in [3.63, 3.8) is 0 Å². The molecule has 0 saturated heterocycles. The van der Waals surface area contributed by atoms with Gasteiger partial charge in [-0.1, -0.05) is 12.1 Å². The van der Waals surface area contributed by atoms with E-state index in [0.717, 1.165) is 18.5 Å². The highest BCUT2D eigenvalue weighted by Gasteiger charge is 2.11. The number of nitrogens with one attached hydrogen (secondary N) is 1. The summed E-state index contributed by atoms with van der Waals surface area (Å²) in [7, 11) is 1.92. The number of nitrogens with zero attached hydrogens (tertiary/aromatic N) is 4. The SMILES string of the molecule is CN(CCc1ccncc1)c1cc(C(=O)NCc2ccc(F)cc2)ncn1. The van der Waals surface area contributed by atoms with E-state index in [1.165, 1.54) is 24.0 Å². The molecule has 0 fully saturated rings. The lowest BCUT2D eigenvalue weighted by Gasteiger charge is -2.18. The second kappa shape index (κ2) is 8.84. The van der Waals surface area contributed by atoms with Crippen molar-refractivity contribution in [1.29, 1.82) is 0 Å². The maximum Gasteiger partial charge on any atom is 0.270 e. The molecule has 1 N–H and O–H groups in total. The van der Waals surface area contributed by atoms with Crippen LogP contribution >= 0.6 is 0 Å². The van der Waals surface area contributed by atoms with Crippen LogP contribution in [0.4, 0.5) is 10.2 Å². The van der Waals surface area contributed by atoms with Gasteiger partial charge >= 0.3 is 0 Å². The van der Waals surface area contributed by atoms with Crippen LogP contribution in [0.25, 0.3) is 0 Å². The lowest BCUT2D eigenvalue weighted by atomic mass is 10.2. The molecular formula is C20H20FN5O. The zero-order valence-electron chi connectivity index (χ0n) is 15.0. The van der Waals surface area contributed by atoms with Crippen molar-refractivity contribution in [2.45, 2.75) is 13.0 Å². The molecule has 0 spiro atoms. The highest BCUT2D eigenvalue weighted by Crippen LogP contribution is 2.11. The Labute approximate surface area is 157 Å². The lowest BCUT2D eigenvalue weighted by Crippen LogP contribution is -2.26. The molecule has 0 saturated carbocycles. The molecule has 2 heterocycles. The molecule has 0 aliphatic carbocycles. The third kappa shape index (κ3) is 5.31. The van der Waals surface area contributed by atoms with E-state index in [9.17, 15) is 9.18 Å². The number of hydrogen-bond donors (Lipinski definition) is 1. The summed E-state index contributed by atoms with van der Waals surface area (Å²) in [6, 6.07) is 11.6. The molecule has 7 heteroatoms. The molecule has 0 bridgehead atoms. The van der Waals surface area contributed by atoms with E-state index < -0.39 is 0 Å². The first kappa shape index (κ1) is 18.4. The fourth-order valence-corrected chi connectivity index (χ4v) is 2.52. The standard InChI is InChI=1S/C20H20FN5O/c1-26(11-8-15-6-9-22-10-7-15)19-12-18(24-14-25-19)20(27)23-13-16-2-4-17(21)5-3-16/h2-7,9-10,12,14H,8,11,13H2,1H3,(H,23,27). The fraction of sp³-hybridized carbons (Fsp3) is 0.200. The van der Waals surface area contributed by atoms with Gasteiger partial charge in [-0.25, -0.2) is 14.4 Å². The molecule has 1 amide bonds. The number of anilines is 1. The molecule has 27 heavy (non-hydrogen) atoms. The third-order valence-corrected chi connectivity index (χ3v) is 4.13. The Balaban J connectivity index is 1.58. The predicted molar refractivity (Wildman–Crippen MR) is 101 cm³/mol. The van der Waals surface area contributed by atoms with Gasteiger partial charge in [-0.2, -0.15) is 0 Å². The zero-order valence-corrected chi connectivity index (χ0v) is 15.0. The number of benzene rings is 1. The van der Waals surface area contributed by atoms with Crippen LogP contribution in [0, 0.1) is 5.82 Å². The van der Waals surface area contributed by atoms with E-state index >= 15 is 0 Å². The van der Waals surface area contributed by atoms with Gasteiger partial charge in [-0.05, 0) is 41.8 Å². The number of carbonyl (C=O) groups excluding carboxylic acids is 1. The summed E-state index contributed by atoms with van der Waals surface area (Å²) in [6.07, 6.45) is 5.76. The molecule has 0 aliphatic heterocycles. The minimum atomic E-state index is -0.305. The number of pyridine rings is 1. The van der Waals surface area contributed by atoms with Crippen molar-refractivity contribution >= 4 is 11.7 Å². The van der Waals surface area contributed by atoms with E-state index in [-0.39, 0.29) is 17.4 Å². The molecular weight excluding hydrogens is 345 g/mol. The molecule has 3 rings (SSSR count). The summed E-state index contributed by atoms with van der Waals surface area (Å²) in [4.78, 5) is 26.6. The van der Waals surface area contributed by atoms with Gasteiger partial charge in [-0.15, -0.1) is 0 Å². The van der Waals surface area contributed by atoms with Gasteiger partial charge in [-0.3, -0.25) is 9.78 Å². The number of aromatic nitrogens is 3. The first-order valence-electron chi connectivity index (χ1n) is 8.56. The maximum absolute atomic E-state index is 12.9.